The fourth-order valence-electron chi connectivity index (χ4n) is 4.06. The Kier molecular flexibility index (Phi) is 8.20. The zero-order valence-corrected chi connectivity index (χ0v) is 18.6. The van der Waals surface area contributed by atoms with E-state index < -0.39 is 12.1 Å². The molecule has 1 heterocycles. The minimum Gasteiger partial charge on any atom is -0.448 e. The number of rotatable bonds is 9. The van der Waals surface area contributed by atoms with Crippen LogP contribution in [0.3, 0.4) is 0 Å². The fraction of sp³-hybridized carbons (Fsp3) is 0.583. The zero-order chi connectivity index (χ0) is 22.2. The maximum absolute atomic E-state index is 12.9. The first-order chi connectivity index (χ1) is 15.0. The maximum Gasteiger partial charge on any atom is 0.360 e. The number of amides is 1. The second-order valence-corrected chi connectivity index (χ2v) is 8.37. The smallest absolute Gasteiger partial charge is 0.360 e. The molecule has 7 heteroatoms. The van der Waals surface area contributed by atoms with E-state index in [-0.39, 0.29) is 23.2 Å². The van der Waals surface area contributed by atoms with Crippen LogP contribution < -0.4 is 10.9 Å². The Morgan fingerprint density at radius 2 is 1.84 bits per heavy atom. The number of nitrogens with one attached hydrogen (secondary N) is 1. The van der Waals surface area contributed by atoms with Crippen molar-refractivity contribution in [3.63, 3.8) is 0 Å². The number of benzene rings is 1. The van der Waals surface area contributed by atoms with Crippen LogP contribution in [0.2, 0.25) is 0 Å². The summed E-state index contributed by atoms with van der Waals surface area (Å²) in [5, 5.41) is 8.18. The van der Waals surface area contributed by atoms with Gasteiger partial charge in [0.05, 0.1) is 5.39 Å². The molecule has 1 aromatic carbocycles. The Balaban J connectivity index is 1.76. The predicted molar refractivity (Wildman–Crippen MR) is 120 cm³/mol. The molecule has 0 aliphatic heterocycles. The molecule has 3 rings (SSSR count). The molecule has 1 saturated carbocycles. The van der Waals surface area contributed by atoms with Crippen LogP contribution in [0, 0.1) is 0 Å². The summed E-state index contributed by atoms with van der Waals surface area (Å²) in [4.78, 5) is 38.2. The van der Waals surface area contributed by atoms with Crippen molar-refractivity contribution in [1.29, 1.82) is 0 Å². The van der Waals surface area contributed by atoms with Crippen molar-refractivity contribution in [3.8, 4) is 0 Å². The van der Waals surface area contributed by atoms with Crippen LogP contribution in [0.5, 0.6) is 0 Å². The van der Waals surface area contributed by atoms with E-state index in [9.17, 15) is 14.4 Å². The molecule has 168 valence electrons. The van der Waals surface area contributed by atoms with Gasteiger partial charge in [-0.3, -0.25) is 9.59 Å². The van der Waals surface area contributed by atoms with Crippen LogP contribution in [-0.2, 0) is 16.1 Å². The average molecular weight is 428 g/mol. The Labute approximate surface area is 183 Å². The predicted octanol–water partition coefficient (Wildman–Crippen LogP) is 3.97. The van der Waals surface area contributed by atoms with E-state index >= 15 is 0 Å². The van der Waals surface area contributed by atoms with Gasteiger partial charge in [-0.1, -0.05) is 63.6 Å². The van der Waals surface area contributed by atoms with Crippen molar-refractivity contribution in [2.75, 3.05) is 0 Å². The average Bonchev–Trinajstić information content (AvgIpc) is 2.78. The largest absolute Gasteiger partial charge is 0.448 e. The van der Waals surface area contributed by atoms with Gasteiger partial charge in [0.25, 0.3) is 11.5 Å². The van der Waals surface area contributed by atoms with Crippen LogP contribution in [0.15, 0.2) is 29.1 Å². The number of fused-ring (bicyclic) bond motifs is 1. The normalized spacial score (nSPS) is 15.5. The molecule has 1 aromatic heterocycles. The molecule has 7 nitrogen and oxygen atoms in total. The molecule has 1 aliphatic carbocycles. The number of aryl methyl sites for hydroxylation is 1. The van der Waals surface area contributed by atoms with Gasteiger partial charge in [-0.05, 0) is 32.3 Å². The van der Waals surface area contributed by atoms with E-state index in [1.807, 2.05) is 0 Å². The van der Waals surface area contributed by atoms with E-state index in [2.05, 4.69) is 17.3 Å². The summed E-state index contributed by atoms with van der Waals surface area (Å²) in [7, 11) is 0. The van der Waals surface area contributed by atoms with Gasteiger partial charge in [-0.15, -0.1) is 0 Å². The molecule has 1 atom stereocenters. The first-order valence-corrected chi connectivity index (χ1v) is 11.5. The molecule has 2 aromatic rings. The third kappa shape index (κ3) is 5.93. The van der Waals surface area contributed by atoms with Crippen molar-refractivity contribution in [2.24, 2.45) is 0 Å². The summed E-state index contributed by atoms with van der Waals surface area (Å²) in [6.07, 6.45) is 8.39. The number of hydrogen-bond donors (Lipinski definition) is 1. The van der Waals surface area contributed by atoms with Crippen molar-refractivity contribution in [2.45, 2.75) is 90.3 Å². The van der Waals surface area contributed by atoms with Gasteiger partial charge in [-0.25, -0.2) is 9.48 Å². The summed E-state index contributed by atoms with van der Waals surface area (Å²) in [6.45, 7) is 4.14. The molecule has 1 aliphatic rings. The lowest BCUT2D eigenvalue weighted by Gasteiger charge is -2.24. The van der Waals surface area contributed by atoms with Gasteiger partial charge >= 0.3 is 5.97 Å². The molecular formula is C24H33N3O4. The lowest BCUT2D eigenvalue weighted by Crippen LogP contribution is -2.43. The number of carbonyl (C=O) groups excluding carboxylic acids is 2. The minimum absolute atomic E-state index is 0.0722. The van der Waals surface area contributed by atoms with E-state index in [0.717, 1.165) is 51.4 Å². The van der Waals surface area contributed by atoms with Crippen molar-refractivity contribution >= 4 is 22.6 Å². The zero-order valence-electron chi connectivity index (χ0n) is 18.6. The van der Waals surface area contributed by atoms with Crippen LogP contribution in [0.4, 0.5) is 0 Å². The highest BCUT2D eigenvalue weighted by atomic mass is 16.5. The minimum atomic E-state index is -0.931. The van der Waals surface area contributed by atoms with Crippen LogP contribution in [0.1, 0.15) is 82.1 Å². The topological polar surface area (TPSA) is 90.3 Å². The Morgan fingerprint density at radius 1 is 1.13 bits per heavy atom. The van der Waals surface area contributed by atoms with Crippen LogP contribution in [-0.4, -0.2) is 33.8 Å². The summed E-state index contributed by atoms with van der Waals surface area (Å²) in [5.41, 5.74) is -0.144. The first-order valence-electron chi connectivity index (χ1n) is 11.5. The third-order valence-electron chi connectivity index (χ3n) is 5.89. The first kappa shape index (κ1) is 23.0. The number of esters is 1. The number of aromatic nitrogens is 2. The van der Waals surface area contributed by atoms with Crippen molar-refractivity contribution in [3.05, 3.63) is 40.3 Å². The van der Waals surface area contributed by atoms with E-state index in [1.54, 1.807) is 31.2 Å². The molecular weight excluding hydrogens is 394 g/mol. The number of hydrogen-bond acceptors (Lipinski definition) is 5. The Morgan fingerprint density at radius 3 is 2.55 bits per heavy atom. The van der Waals surface area contributed by atoms with Gasteiger partial charge < -0.3 is 10.1 Å². The maximum atomic E-state index is 12.9. The van der Waals surface area contributed by atoms with Gasteiger partial charge in [0.1, 0.15) is 0 Å². The van der Waals surface area contributed by atoms with Crippen molar-refractivity contribution < 1.29 is 14.3 Å². The lowest BCUT2D eigenvalue weighted by atomic mass is 9.95. The summed E-state index contributed by atoms with van der Waals surface area (Å²) in [6, 6.07) is 7.05. The molecule has 31 heavy (non-hydrogen) atoms. The van der Waals surface area contributed by atoms with Crippen LogP contribution in [0.25, 0.3) is 10.8 Å². The van der Waals surface area contributed by atoms with Gasteiger partial charge in [0, 0.05) is 18.0 Å². The second-order valence-electron chi connectivity index (χ2n) is 8.37. The van der Waals surface area contributed by atoms with Crippen LogP contribution >= 0.6 is 0 Å². The monoisotopic (exact) mass is 427 g/mol. The van der Waals surface area contributed by atoms with Gasteiger partial charge in [0.2, 0.25) is 0 Å². The highest BCUT2D eigenvalue weighted by Gasteiger charge is 2.25. The number of ether oxygens (including phenoxy) is 1. The molecule has 1 fully saturated rings. The van der Waals surface area contributed by atoms with Crippen molar-refractivity contribution in [1.82, 2.24) is 15.1 Å². The highest BCUT2D eigenvalue weighted by molar-refractivity contribution is 6.02. The summed E-state index contributed by atoms with van der Waals surface area (Å²) >= 11 is 0. The Hall–Kier alpha value is -2.70. The van der Waals surface area contributed by atoms with E-state index in [0.29, 0.717) is 17.3 Å². The quantitative estimate of drug-likeness (QED) is 0.483. The summed E-state index contributed by atoms with van der Waals surface area (Å²) < 4.78 is 6.81. The van der Waals surface area contributed by atoms with E-state index in [1.165, 1.54) is 11.1 Å². The molecule has 0 bridgehead atoms. The van der Waals surface area contributed by atoms with Gasteiger partial charge in [0.15, 0.2) is 11.8 Å². The molecule has 1 unspecified atom stereocenters. The molecule has 1 amide bonds. The standard InChI is InChI=1S/C24H33N3O4/c1-3-4-5-11-16-27-23(29)20-15-10-9-14-19(20)21(26-27)24(30)31-17(2)22(28)25-18-12-7-6-8-13-18/h9-10,14-15,17-18H,3-8,11-13,16H2,1-2H3,(H,25,28). The lowest BCUT2D eigenvalue weighted by molar-refractivity contribution is -0.130. The number of unbranched alkanes of at least 4 members (excludes halogenated alkanes) is 3. The number of nitrogens with zero attached hydrogens (tertiary/aromatic N) is 2. The van der Waals surface area contributed by atoms with Gasteiger partial charge in [-0.2, -0.15) is 5.10 Å². The summed E-state index contributed by atoms with van der Waals surface area (Å²) in [5.74, 6) is -0.984. The Bertz CT molecular complexity index is 963. The highest BCUT2D eigenvalue weighted by Crippen LogP contribution is 2.18. The third-order valence-corrected chi connectivity index (χ3v) is 5.89. The molecule has 0 radical (unpaired) electrons. The molecule has 0 spiro atoms. The fourth-order valence-corrected chi connectivity index (χ4v) is 4.06. The SMILES string of the molecule is CCCCCCn1nc(C(=O)OC(C)C(=O)NC2CCCCC2)c2ccccc2c1=O. The molecule has 1 N–H and O–H groups in total. The van der Waals surface area contributed by atoms with E-state index in [4.69, 9.17) is 4.74 Å². The number of carbonyl (C=O) groups is 2. The molecule has 0 saturated heterocycles. The second kappa shape index (κ2) is 11.1.